The summed E-state index contributed by atoms with van der Waals surface area (Å²) in [5, 5.41) is 4.39. The Balaban J connectivity index is 1.58. The molecule has 5 rings (SSSR count). The van der Waals surface area contributed by atoms with Crippen LogP contribution in [0.5, 0.6) is 0 Å². The number of pyridine rings is 1. The molecule has 1 fully saturated rings. The minimum atomic E-state index is -0.0498. The zero-order valence-electron chi connectivity index (χ0n) is 16.5. The Kier molecular flexibility index (Phi) is 4.81. The van der Waals surface area contributed by atoms with Crippen molar-refractivity contribution in [3.8, 4) is 11.4 Å². The van der Waals surface area contributed by atoms with Crippen LogP contribution in [0.25, 0.3) is 22.3 Å². The summed E-state index contributed by atoms with van der Waals surface area (Å²) in [6, 6.07) is 21.3. The van der Waals surface area contributed by atoms with Crippen LogP contribution in [0.2, 0.25) is 0 Å². The molecule has 0 saturated carbocycles. The number of carbonyl (C=O) groups excluding carboxylic acids is 1. The van der Waals surface area contributed by atoms with Crippen molar-refractivity contribution in [2.24, 2.45) is 0 Å². The molecule has 4 aromatic rings. The van der Waals surface area contributed by atoms with Gasteiger partial charge in [0.2, 0.25) is 0 Å². The molecule has 0 unspecified atom stereocenters. The van der Waals surface area contributed by atoms with Gasteiger partial charge in [-0.25, -0.2) is 9.97 Å². The van der Waals surface area contributed by atoms with E-state index in [2.05, 4.69) is 15.3 Å². The lowest BCUT2D eigenvalue weighted by Gasteiger charge is -2.16. The molecule has 1 amide bonds. The highest BCUT2D eigenvalue weighted by atomic mass is 16.2. The van der Waals surface area contributed by atoms with E-state index in [4.69, 9.17) is 4.98 Å². The van der Waals surface area contributed by atoms with Crippen molar-refractivity contribution in [3.63, 3.8) is 0 Å². The highest BCUT2D eigenvalue weighted by Gasteiger charge is 2.22. The Morgan fingerprint density at radius 3 is 2.53 bits per heavy atom. The van der Waals surface area contributed by atoms with Crippen molar-refractivity contribution in [2.45, 2.75) is 12.8 Å². The first-order valence-corrected chi connectivity index (χ1v) is 10.1. The number of nitrogens with zero attached hydrogens (tertiary/aromatic N) is 4. The van der Waals surface area contributed by atoms with Crippen LogP contribution < -0.4 is 5.32 Å². The summed E-state index contributed by atoms with van der Waals surface area (Å²) in [6.45, 7) is 1.55. The number of aromatic nitrogens is 3. The molecule has 6 nitrogen and oxygen atoms in total. The number of fused-ring (bicyclic) bond motifs is 1. The van der Waals surface area contributed by atoms with Gasteiger partial charge in [0, 0.05) is 36.3 Å². The van der Waals surface area contributed by atoms with E-state index in [1.54, 1.807) is 12.3 Å². The van der Waals surface area contributed by atoms with Crippen LogP contribution in [0.3, 0.4) is 0 Å². The van der Waals surface area contributed by atoms with Crippen molar-refractivity contribution >= 4 is 28.3 Å². The number of likely N-dealkylation sites (tertiary alicyclic amines) is 1. The Labute approximate surface area is 174 Å². The lowest BCUT2D eigenvalue weighted by molar-refractivity contribution is 0.0787. The summed E-state index contributed by atoms with van der Waals surface area (Å²) in [7, 11) is 0. The molecule has 0 radical (unpaired) electrons. The molecule has 30 heavy (non-hydrogen) atoms. The Morgan fingerprint density at radius 2 is 1.70 bits per heavy atom. The molecule has 0 atom stereocenters. The highest BCUT2D eigenvalue weighted by Crippen LogP contribution is 2.26. The predicted octanol–water partition coefficient (Wildman–Crippen LogP) is 4.67. The molecule has 1 aliphatic heterocycles. The number of para-hydroxylation sites is 1. The van der Waals surface area contributed by atoms with E-state index in [0.717, 1.165) is 48.1 Å². The first-order chi connectivity index (χ1) is 14.8. The second kappa shape index (κ2) is 7.91. The van der Waals surface area contributed by atoms with Gasteiger partial charge in [0.1, 0.15) is 11.5 Å². The molecule has 0 aliphatic carbocycles. The lowest BCUT2D eigenvalue weighted by Crippen LogP contribution is -2.28. The van der Waals surface area contributed by atoms with Gasteiger partial charge in [0.05, 0.1) is 11.2 Å². The molecule has 1 N–H and O–H groups in total. The van der Waals surface area contributed by atoms with Gasteiger partial charge in [-0.1, -0.05) is 48.5 Å². The van der Waals surface area contributed by atoms with Gasteiger partial charge in [-0.3, -0.25) is 9.78 Å². The molecule has 1 aliphatic rings. The Morgan fingerprint density at radius 1 is 0.900 bits per heavy atom. The summed E-state index contributed by atoms with van der Waals surface area (Å²) in [6.07, 6.45) is 3.84. The molecule has 6 heteroatoms. The zero-order valence-corrected chi connectivity index (χ0v) is 16.5. The van der Waals surface area contributed by atoms with E-state index >= 15 is 0 Å². The molecule has 2 aromatic carbocycles. The number of hydrogen-bond donors (Lipinski definition) is 1. The predicted molar refractivity (Wildman–Crippen MR) is 118 cm³/mol. The Bertz CT molecular complexity index is 1200. The largest absolute Gasteiger partial charge is 0.338 e. The number of hydrogen-bond acceptors (Lipinski definition) is 5. The van der Waals surface area contributed by atoms with Crippen molar-refractivity contribution in [3.05, 3.63) is 78.6 Å². The Hall–Kier alpha value is -3.80. The van der Waals surface area contributed by atoms with E-state index in [1.807, 2.05) is 65.6 Å². The van der Waals surface area contributed by atoms with E-state index in [9.17, 15) is 4.79 Å². The molecule has 148 valence electrons. The standard InChI is InChI=1S/C24H21N5O/c30-24(29-14-4-5-15-29)20-16-21(28-23(27-20)18-8-2-1-3-9-18)26-19-12-6-10-17-11-7-13-25-22(17)19/h1-3,6-13,16H,4-5,14-15H2,(H,26,27,28). The molecule has 3 heterocycles. The molecule has 0 spiro atoms. The summed E-state index contributed by atoms with van der Waals surface area (Å²) in [5.41, 5.74) is 2.96. The molecular formula is C24H21N5O. The monoisotopic (exact) mass is 395 g/mol. The second-order valence-corrected chi connectivity index (χ2v) is 7.33. The van der Waals surface area contributed by atoms with Gasteiger partial charge in [-0.15, -0.1) is 0 Å². The van der Waals surface area contributed by atoms with Gasteiger partial charge in [-0.2, -0.15) is 0 Å². The smallest absolute Gasteiger partial charge is 0.272 e. The average molecular weight is 395 g/mol. The van der Waals surface area contributed by atoms with Crippen LogP contribution in [0, 0.1) is 0 Å². The summed E-state index contributed by atoms with van der Waals surface area (Å²) in [4.78, 5) is 28.7. The fraction of sp³-hybridized carbons (Fsp3) is 0.167. The lowest BCUT2D eigenvalue weighted by atomic mass is 10.2. The van der Waals surface area contributed by atoms with E-state index < -0.39 is 0 Å². The van der Waals surface area contributed by atoms with Gasteiger partial charge in [0.15, 0.2) is 5.82 Å². The fourth-order valence-corrected chi connectivity index (χ4v) is 3.76. The number of benzene rings is 2. The summed E-state index contributed by atoms with van der Waals surface area (Å²) in [5.74, 6) is 1.05. The molecule has 1 saturated heterocycles. The maximum Gasteiger partial charge on any atom is 0.272 e. The average Bonchev–Trinajstić information content (AvgIpc) is 3.34. The van der Waals surface area contributed by atoms with Gasteiger partial charge < -0.3 is 10.2 Å². The van der Waals surface area contributed by atoms with Crippen molar-refractivity contribution in [2.75, 3.05) is 18.4 Å². The van der Waals surface area contributed by atoms with Crippen LogP contribution in [0.1, 0.15) is 23.3 Å². The first-order valence-electron chi connectivity index (χ1n) is 10.1. The summed E-state index contributed by atoms with van der Waals surface area (Å²) < 4.78 is 0. The third kappa shape index (κ3) is 3.59. The van der Waals surface area contributed by atoms with E-state index in [0.29, 0.717) is 17.3 Å². The number of carbonyl (C=O) groups is 1. The van der Waals surface area contributed by atoms with E-state index in [1.165, 1.54) is 0 Å². The second-order valence-electron chi connectivity index (χ2n) is 7.33. The third-order valence-electron chi connectivity index (χ3n) is 5.27. The van der Waals surface area contributed by atoms with Crippen LogP contribution >= 0.6 is 0 Å². The number of rotatable bonds is 4. The number of nitrogens with one attached hydrogen (secondary N) is 1. The maximum absolute atomic E-state index is 13.0. The zero-order chi connectivity index (χ0) is 20.3. The quantitative estimate of drug-likeness (QED) is 0.544. The van der Waals surface area contributed by atoms with Gasteiger partial charge >= 0.3 is 0 Å². The van der Waals surface area contributed by atoms with Crippen molar-refractivity contribution < 1.29 is 4.79 Å². The first kappa shape index (κ1) is 18.2. The minimum absolute atomic E-state index is 0.0498. The van der Waals surface area contributed by atoms with Gasteiger partial charge in [-0.05, 0) is 25.0 Å². The topological polar surface area (TPSA) is 71.0 Å². The van der Waals surface area contributed by atoms with E-state index in [-0.39, 0.29) is 5.91 Å². The number of anilines is 2. The highest BCUT2D eigenvalue weighted by molar-refractivity contribution is 5.95. The number of amides is 1. The molecular weight excluding hydrogens is 374 g/mol. The maximum atomic E-state index is 13.0. The minimum Gasteiger partial charge on any atom is -0.338 e. The summed E-state index contributed by atoms with van der Waals surface area (Å²) >= 11 is 0. The van der Waals surface area contributed by atoms with Crippen LogP contribution in [-0.2, 0) is 0 Å². The third-order valence-corrected chi connectivity index (χ3v) is 5.27. The molecule has 0 bridgehead atoms. The van der Waals surface area contributed by atoms with Crippen molar-refractivity contribution in [1.82, 2.24) is 19.9 Å². The van der Waals surface area contributed by atoms with Gasteiger partial charge in [0.25, 0.3) is 5.91 Å². The van der Waals surface area contributed by atoms with Crippen LogP contribution in [0.15, 0.2) is 72.9 Å². The normalized spacial score (nSPS) is 13.5. The fourth-order valence-electron chi connectivity index (χ4n) is 3.76. The molecule has 2 aromatic heterocycles. The SMILES string of the molecule is O=C(c1cc(Nc2cccc3cccnc23)nc(-c2ccccc2)n1)N1CCCC1. The van der Waals surface area contributed by atoms with Crippen molar-refractivity contribution in [1.29, 1.82) is 0 Å². The van der Waals surface area contributed by atoms with Crippen LogP contribution in [0.4, 0.5) is 11.5 Å². The van der Waals surface area contributed by atoms with Crippen LogP contribution in [-0.4, -0.2) is 38.8 Å².